The highest BCUT2D eigenvalue weighted by atomic mass is 19.1. The third-order valence-electron chi connectivity index (χ3n) is 5.20. The molecule has 26 heavy (non-hydrogen) atoms. The Balaban J connectivity index is 1.48. The molecule has 0 spiro atoms. The van der Waals surface area contributed by atoms with Crippen molar-refractivity contribution < 1.29 is 13.9 Å². The van der Waals surface area contributed by atoms with Crippen LogP contribution in [-0.4, -0.2) is 24.5 Å². The van der Waals surface area contributed by atoms with Gasteiger partial charge in [-0.25, -0.2) is 4.39 Å². The second-order valence-corrected chi connectivity index (χ2v) is 6.83. The van der Waals surface area contributed by atoms with Gasteiger partial charge in [0.05, 0.1) is 12.5 Å². The molecule has 2 aromatic carbocycles. The van der Waals surface area contributed by atoms with Crippen LogP contribution in [0.1, 0.15) is 24.0 Å². The number of ether oxygens (including phenoxy) is 1. The fraction of sp³-hybridized carbons (Fsp3) is 0.286. The second kappa shape index (κ2) is 6.48. The number of carbonyl (C=O) groups is 1. The van der Waals surface area contributed by atoms with E-state index in [1.807, 2.05) is 24.4 Å². The summed E-state index contributed by atoms with van der Waals surface area (Å²) in [5, 5.41) is 4.09. The number of carbonyl (C=O) groups excluding carboxylic acids is 1. The van der Waals surface area contributed by atoms with Gasteiger partial charge >= 0.3 is 0 Å². The quantitative estimate of drug-likeness (QED) is 0.711. The number of fused-ring (bicyclic) bond motifs is 1. The van der Waals surface area contributed by atoms with E-state index in [0.29, 0.717) is 13.0 Å². The fourth-order valence-corrected chi connectivity index (χ4v) is 3.51. The molecule has 4 rings (SSSR count). The number of methoxy groups -OCH3 is 1. The molecule has 0 saturated heterocycles. The standard InChI is InChI=1S/C21H21FN2O2/c1-26-16-6-7-19-17(12-16)18(13-24-19)21(9-10-21)20(25)23-11-8-14-2-4-15(22)5-3-14/h2-7,12-13,24H,8-11H2,1H3,(H,23,25). The third-order valence-corrected chi connectivity index (χ3v) is 5.20. The Bertz CT molecular complexity index is 942. The van der Waals surface area contributed by atoms with Crippen LogP contribution in [0.3, 0.4) is 0 Å². The number of amides is 1. The molecule has 4 nitrogen and oxygen atoms in total. The van der Waals surface area contributed by atoms with E-state index in [1.165, 1.54) is 12.1 Å². The lowest BCUT2D eigenvalue weighted by Gasteiger charge is -2.15. The minimum atomic E-state index is -0.451. The van der Waals surface area contributed by atoms with Gasteiger partial charge in [-0.1, -0.05) is 12.1 Å². The highest BCUT2D eigenvalue weighted by molar-refractivity contribution is 5.98. The summed E-state index contributed by atoms with van der Waals surface area (Å²) >= 11 is 0. The molecule has 1 amide bonds. The summed E-state index contributed by atoms with van der Waals surface area (Å²) in [6, 6.07) is 12.2. The molecule has 3 aromatic rings. The summed E-state index contributed by atoms with van der Waals surface area (Å²) < 4.78 is 18.3. The van der Waals surface area contributed by atoms with Crippen molar-refractivity contribution in [2.45, 2.75) is 24.7 Å². The number of aromatic amines is 1. The van der Waals surface area contributed by atoms with Crippen molar-refractivity contribution in [3.8, 4) is 5.75 Å². The summed E-state index contributed by atoms with van der Waals surface area (Å²) in [5.74, 6) is 0.596. The number of nitrogens with one attached hydrogen (secondary N) is 2. The topological polar surface area (TPSA) is 54.1 Å². The normalized spacial score (nSPS) is 15.0. The predicted molar refractivity (Wildman–Crippen MR) is 98.9 cm³/mol. The van der Waals surface area contributed by atoms with Gasteiger partial charge < -0.3 is 15.0 Å². The van der Waals surface area contributed by atoms with E-state index in [4.69, 9.17) is 4.74 Å². The van der Waals surface area contributed by atoms with E-state index in [1.54, 1.807) is 19.2 Å². The minimum Gasteiger partial charge on any atom is -0.497 e. The molecule has 2 N–H and O–H groups in total. The van der Waals surface area contributed by atoms with Gasteiger partial charge in [0.15, 0.2) is 0 Å². The van der Waals surface area contributed by atoms with Gasteiger partial charge in [-0.05, 0) is 60.7 Å². The van der Waals surface area contributed by atoms with Gasteiger partial charge in [0.25, 0.3) is 0 Å². The van der Waals surface area contributed by atoms with Crippen LogP contribution >= 0.6 is 0 Å². The first-order valence-electron chi connectivity index (χ1n) is 8.81. The largest absolute Gasteiger partial charge is 0.497 e. The summed E-state index contributed by atoms with van der Waals surface area (Å²) in [6.45, 7) is 0.540. The zero-order chi connectivity index (χ0) is 18.1. The lowest BCUT2D eigenvalue weighted by Crippen LogP contribution is -2.35. The van der Waals surface area contributed by atoms with E-state index < -0.39 is 5.41 Å². The number of halogens is 1. The molecule has 1 saturated carbocycles. The van der Waals surface area contributed by atoms with E-state index in [2.05, 4.69) is 10.3 Å². The zero-order valence-electron chi connectivity index (χ0n) is 14.6. The van der Waals surface area contributed by atoms with Crippen molar-refractivity contribution >= 4 is 16.8 Å². The van der Waals surface area contributed by atoms with Crippen LogP contribution in [0.4, 0.5) is 4.39 Å². The number of aromatic nitrogens is 1. The molecule has 1 heterocycles. The first kappa shape index (κ1) is 16.6. The van der Waals surface area contributed by atoms with Crippen LogP contribution < -0.4 is 10.1 Å². The molecular weight excluding hydrogens is 331 g/mol. The maximum Gasteiger partial charge on any atom is 0.230 e. The summed E-state index contributed by atoms with van der Waals surface area (Å²) in [4.78, 5) is 16.1. The van der Waals surface area contributed by atoms with Crippen molar-refractivity contribution in [2.75, 3.05) is 13.7 Å². The number of rotatable bonds is 6. The molecule has 0 radical (unpaired) electrons. The SMILES string of the molecule is COc1ccc2[nH]cc(C3(C(=O)NCCc4ccc(F)cc4)CC3)c2c1. The lowest BCUT2D eigenvalue weighted by molar-refractivity contribution is -0.123. The van der Waals surface area contributed by atoms with Crippen LogP contribution in [0.5, 0.6) is 5.75 Å². The molecule has 0 bridgehead atoms. The average molecular weight is 352 g/mol. The van der Waals surface area contributed by atoms with Crippen molar-refractivity contribution in [2.24, 2.45) is 0 Å². The summed E-state index contributed by atoms with van der Waals surface area (Å²) in [7, 11) is 1.64. The van der Waals surface area contributed by atoms with Crippen molar-refractivity contribution in [1.29, 1.82) is 0 Å². The molecule has 1 aliphatic rings. The number of benzene rings is 2. The van der Waals surface area contributed by atoms with E-state index in [-0.39, 0.29) is 11.7 Å². The van der Waals surface area contributed by atoms with Gasteiger partial charge in [0, 0.05) is 23.6 Å². The monoisotopic (exact) mass is 352 g/mol. The lowest BCUT2D eigenvalue weighted by atomic mass is 9.94. The number of hydrogen-bond donors (Lipinski definition) is 2. The smallest absolute Gasteiger partial charge is 0.230 e. The molecule has 0 aliphatic heterocycles. The minimum absolute atomic E-state index is 0.0586. The van der Waals surface area contributed by atoms with E-state index >= 15 is 0 Å². The highest BCUT2D eigenvalue weighted by Gasteiger charge is 2.52. The maximum absolute atomic E-state index is 13.0. The van der Waals surface area contributed by atoms with Crippen molar-refractivity contribution in [3.05, 3.63) is 65.6 Å². The molecular formula is C21H21FN2O2. The maximum atomic E-state index is 13.0. The van der Waals surface area contributed by atoms with Crippen LogP contribution in [-0.2, 0) is 16.6 Å². The molecule has 5 heteroatoms. The number of H-pyrrole nitrogens is 1. The van der Waals surface area contributed by atoms with E-state index in [0.717, 1.165) is 40.6 Å². The third kappa shape index (κ3) is 2.94. The van der Waals surface area contributed by atoms with Gasteiger partial charge in [-0.3, -0.25) is 4.79 Å². The molecule has 0 atom stereocenters. The van der Waals surface area contributed by atoms with Crippen LogP contribution in [0.25, 0.3) is 10.9 Å². The van der Waals surface area contributed by atoms with Gasteiger partial charge in [0.1, 0.15) is 11.6 Å². The predicted octanol–water partition coefficient (Wildman–Crippen LogP) is 3.71. The second-order valence-electron chi connectivity index (χ2n) is 6.83. The highest BCUT2D eigenvalue weighted by Crippen LogP contribution is 2.51. The average Bonchev–Trinajstić information content (AvgIpc) is 3.36. The Morgan fingerprint density at radius 3 is 2.69 bits per heavy atom. The molecule has 1 aliphatic carbocycles. The van der Waals surface area contributed by atoms with Crippen LogP contribution in [0, 0.1) is 5.82 Å². The Morgan fingerprint density at radius 2 is 2.00 bits per heavy atom. The first-order valence-corrected chi connectivity index (χ1v) is 8.81. The number of hydrogen-bond acceptors (Lipinski definition) is 2. The molecule has 134 valence electrons. The molecule has 1 fully saturated rings. The molecule has 0 unspecified atom stereocenters. The van der Waals surface area contributed by atoms with Crippen molar-refractivity contribution in [3.63, 3.8) is 0 Å². The summed E-state index contributed by atoms with van der Waals surface area (Å²) in [6.07, 6.45) is 4.32. The Hall–Kier alpha value is -2.82. The van der Waals surface area contributed by atoms with Gasteiger partial charge in [0.2, 0.25) is 5.91 Å². The van der Waals surface area contributed by atoms with Gasteiger partial charge in [-0.15, -0.1) is 0 Å². The molecule has 1 aromatic heterocycles. The van der Waals surface area contributed by atoms with Crippen LogP contribution in [0.15, 0.2) is 48.7 Å². The van der Waals surface area contributed by atoms with Crippen molar-refractivity contribution in [1.82, 2.24) is 10.3 Å². The summed E-state index contributed by atoms with van der Waals surface area (Å²) in [5.41, 5.74) is 2.60. The fourth-order valence-electron chi connectivity index (χ4n) is 3.51. The van der Waals surface area contributed by atoms with E-state index in [9.17, 15) is 9.18 Å². The van der Waals surface area contributed by atoms with Crippen LogP contribution in [0.2, 0.25) is 0 Å². The zero-order valence-corrected chi connectivity index (χ0v) is 14.6. The Morgan fingerprint density at radius 1 is 1.23 bits per heavy atom. The first-order chi connectivity index (χ1) is 12.6. The van der Waals surface area contributed by atoms with Gasteiger partial charge in [-0.2, -0.15) is 0 Å². The Kier molecular flexibility index (Phi) is 4.15. The Labute approximate surface area is 151 Å².